The van der Waals surface area contributed by atoms with E-state index in [1.165, 1.54) is 18.2 Å². The second kappa shape index (κ2) is 7.79. The monoisotopic (exact) mass is 335 g/mol. The molecule has 2 rings (SSSR count). The number of carbonyl (C=O) groups excluding carboxylic acids is 1. The fourth-order valence-electron chi connectivity index (χ4n) is 2.15. The second-order valence-corrected chi connectivity index (χ2v) is 5.46. The van der Waals surface area contributed by atoms with E-state index in [4.69, 9.17) is 5.11 Å². The van der Waals surface area contributed by atoms with E-state index in [1.54, 1.807) is 24.3 Å². The number of aromatic carboxylic acids is 1. The normalized spacial score (nSPS) is 10.7. The number of amides is 1. The van der Waals surface area contributed by atoms with Crippen LogP contribution in [-0.2, 0) is 4.79 Å². The molecule has 0 atom stereocenters. The fraction of sp³-hybridized carbons (Fsp3) is 0.105. The lowest BCUT2D eigenvalue weighted by Gasteiger charge is -2.12. The van der Waals surface area contributed by atoms with Crippen molar-refractivity contribution in [2.75, 3.05) is 24.3 Å². The van der Waals surface area contributed by atoms with Crippen LogP contribution in [0.1, 0.15) is 15.9 Å². The van der Waals surface area contributed by atoms with Crippen LogP contribution < -0.4 is 10.2 Å². The van der Waals surface area contributed by atoms with Crippen molar-refractivity contribution < 1.29 is 14.7 Å². The SMILES string of the molecule is CN(C)c1ccc(C=C(C#N)C(=O)Nc2ccccc2C(=O)O)cc1. The van der Waals surface area contributed by atoms with Gasteiger partial charge in [-0.05, 0) is 35.9 Å². The summed E-state index contributed by atoms with van der Waals surface area (Å²) in [7, 11) is 3.83. The lowest BCUT2D eigenvalue weighted by Crippen LogP contribution is -2.16. The standard InChI is InChI=1S/C19H17N3O3/c1-22(2)15-9-7-13(8-10-15)11-14(12-20)18(23)21-17-6-4-3-5-16(17)19(24)25/h3-11H,1-2H3,(H,21,23)(H,24,25). The number of para-hydroxylation sites is 1. The molecule has 2 aromatic rings. The highest BCUT2D eigenvalue weighted by Crippen LogP contribution is 2.18. The molecule has 6 heteroatoms. The molecule has 0 heterocycles. The minimum atomic E-state index is -1.15. The molecule has 6 nitrogen and oxygen atoms in total. The van der Waals surface area contributed by atoms with Crippen molar-refractivity contribution in [1.29, 1.82) is 5.26 Å². The maximum atomic E-state index is 12.3. The highest BCUT2D eigenvalue weighted by Gasteiger charge is 2.14. The number of carboxylic acid groups (broad SMARTS) is 1. The molecule has 0 aromatic heterocycles. The summed E-state index contributed by atoms with van der Waals surface area (Å²) in [6, 6.07) is 15.2. The van der Waals surface area contributed by atoms with Crippen LogP contribution in [0.15, 0.2) is 54.1 Å². The number of nitriles is 1. The lowest BCUT2D eigenvalue weighted by atomic mass is 10.1. The Morgan fingerprint density at radius 1 is 1.12 bits per heavy atom. The fourth-order valence-corrected chi connectivity index (χ4v) is 2.15. The van der Waals surface area contributed by atoms with Gasteiger partial charge in [0, 0.05) is 19.8 Å². The summed E-state index contributed by atoms with van der Waals surface area (Å²) in [5, 5.41) is 20.9. The lowest BCUT2D eigenvalue weighted by molar-refractivity contribution is -0.112. The van der Waals surface area contributed by atoms with E-state index in [1.807, 2.05) is 37.2 Å². The predicted octanol–water partition coefficient (Wildman–Crippen LogP) is 3.00. The minimum Gasteiger partial charge on any atom is -0.478 e. The summed E-state index contributed by atoms with van der Waals surface area (Å²) in [5.41, 5.74) is 1.68. The Labute approximate surface area is 145 Å². The van der Waals surface area contributed by atoms with Crippen LogP contribution in [0.4, 0.5) is 11.4 Å². The summed E-state index contributed by atoms with van der Waals surface area (Å²) >= 11 is 0. The van der Waals surface area contributed by atoms with Gasteiger partial charge in [-0.25, -0.2) is 4.79 Å². The zero-order chi connectivity index (χ0) is 18.4. The van der Waals surface area contributed by atoms with Crippen molar-refractivity contribution in [2.45, 2.75) is 0 Å². The van der Waals surface area contributed by atoms with Crippen LogP contribution in [0.3, 0.4) is 0 Å². The zero-order valence-electron chi connectivity index (χ0n) is 13.9. The summed E-state index contributed by atoms with van der Waals surface area (Å²) in [5.74, 6) is -1.81. The number of nitrogens with one attached hydrogen (secondary N) is 1. The van der Waals surface area contributed by atoms with Crippen molar-refractivity contribution in [3.05, 3.63) is 65.2 Å². The van der Waals surface area contributed by atoms with Gasteiger partial charge in [-0.15, -0.1) is 0 Å². The Hall–Kier alpha value is -3.59. The molecule has 0 spiro atoms. The Morgan fingerprint density at radius 2 is 1.76 bits per heavy atom. The molecular weight excluding hydrogens is 318 g/mol. The van der Waals surface area contributed by atoms with E-state index in [0.717, 1.165) is 5.69 Å². The van der Waals surface area contributed by atoms with Gasteiger partial charge in [-0.3, -0.25) is 4.79 Å². The van der Waals surface area contributed by atoms with Gasteiger partial charge in [0.2, 0.25) is 0 Å². The third-order valence-corrected chi connectivity index (χ3v) is 3.49. The molecule has 0 bridgehead atoms. The molecular formula is C19H17N3O3. The average molecular weight is 335 g/mol. The molecule has 0 saturated carbocycles. The number of benzene rings is 2. The van der Waals surface area contributed by atoms with Crippen molar-refractivity contribution in [1.82, 2.24) is 0 Å². The Balaban J connectivity index is 2.24. The summed E-state index contributed by atoms with van der Waals surface area (Å²) < 4.78 is 0. The number of hydrogen-bond donors (Lipinski definition) is 2. The molecule has 0 saturated heterocycles. The molecule has 25 heavy (non-hydrogen) atoms. The highest BCUT2D eigenvalue weighted by atomic mass is 16.4. The maximum Gasteiger partial charge on any atom is 0.337 e. The first-order chi connectivity index (χ1) is 11.9. The summed E-state index contributed by atoms with van der Waals surface area (Å²) in [6.07, 6.45) is 1.46. The van der Waals surface area contributed by atoms with E-state index >= 15 is 0 Å². The first-order valence-electron chi connectivity index (χ1n) is 7.45. The number of rotatable bonds is 5. The zero-order valence-corrected chi connectivity index (χ0v) is 13.9. The van der Waals surface area contributed by atoms with Crippen molar-refractivity contribution in [3.8, 4) is 6.07 Å². The molecule has 2 aromatic carbocycles. The van der Waals surface area contributed by atoms with Gasteiger partial charge in [0.25, 0.3) is 5.91 Å². The number of hydrogen-bond acceptors (Lipinski definition) is 4. The van der Waals surface area contributed by atoms with Gasteiger partial charge in [0.05, 0.1) is 11.3 Å². The molecule has 0 unspecified atom stereocenters. The molecule has 0 radical (unpaired) electrons. The number of nitrogens with zero attached hydrogens (tertiary/aromatic N) is 2. The topological polar surface area (TPSA) is 93.4 Å². The Morgan fingerprint density at radius 3 is 2.32 bits per heavy atom. The Kier molecular flexibility index (Phi) is 5.54. The van der Waals surface area contributed by atoms with Crippen LogP contribution in [0.5, 0.6) is 0 Å². The number of anilines is 2. The molecule has 126 valence electrons. The third-order valence-electron chi connectivity index (χ3n) is 3.49. The van der Waals surface area contributed by atoms with Gasteiger partial charge >= 0.3 is 5.97 Å². The molecule has 1 amide bonds. The van der Waals surface area contributed by atoms with Gasteiger partial charge in [0.1, 0.15) is 11.6 Å². The minimum absolute atomic E-state index is 0.0384. The molecule has 0 aliphatic heterocycles. The van der Waals surface area contributed by atoms with E-state index in [2.05, 4.69) is 5.32 Å². The maximum absolute atomic E-state index is 12.3. The predicted molar refractivity (Wildman–Crippen MR) is 96.4 cm³/mol. The highest BCUT2D eigenvalue weighted by molar-refractivity contribution is 6.11. The van der Waals surface area contributed by atoms with Gasteiger partial charge in [-0.1, -0.05) is 24.3 Å². The van der Waals surface area contributed by atoms with Gasteiger partial charge in [-0.2, -0.15) is 5.26 Å². The van der Waals surface area contributed by atoms with Crippen LogP contribution >= 0.6 is 0 Å². The average Bonchev–Trinajstić information content (AvgIpc) is 2.60. The molecule has 0 fully saturated rings. The van der Waals surface area contributed by atoms with Crippen LogP contribution in [0.2, 0.25) is 0 Å². The molecule has 2 N–H and O–H groups in total. The summed E-state index contributed by atoms with van der Waals surface area (Å²) in [6.45, 7) is 0. The van der Waals surface area contributed by atoms with Gasteiger partial charge < -0.3 is 15.3 Å². The van der Waals surface area contributed by atoms with E-state index in [9.17, 15) is 14.9 Å². The van der Waals surface area contributed by atoms with Crippen molar-refractivity contribution in [3.63, 3.8) is 0 Å². The third kappa shape index (κ3) is 4.45. The summed E-state index contributed by atoms with van der Waals surface area (Å²) in [4.78, 5) is 25.4. The van der Waals surface area contributed by atoms with Gasteiger partial charge in [0.15, 0.2) is 0 Å². The molecule has 0 aliphatic carbocycles. The Bertz CT molecular complexity index is 862. The quantitative estimate of drug-likeness (QED) is 0.647. The van der Waals surface area contributed by atoms with E-state index in [0.29, 0.717) is 5.56 Å². The van der Waals surface area contributed by atoms with E-state index in [-0.39, 0.29) is 16.8 Å². The smallest absolute Gasteiger partial charge is 0.337 e. The molecule has 0 aliphatic rings. The van der Waals surface area contributed by atoms with Crippen molar-refractivity contribution in [2.24, 2.45) is 0 Å². The number of carboxylic acids is 1. The first-order valence-corrected chi connectivity index (χ1v) is 7.45. The van der Waals surface area contributed by atoms with Crippen LogP contribution in [-0.4, -0.2) is 31.1 Å². The van der Waals surface area contributed by atoms with E-state index < -0.39 is 11.9 Å². The largest absolute Gasteiger partial charge is 0.478 e. The second-order valence-electron chi connectivity index (χ2n) is 5.46. The van der Waals surface area contributed by atoms with Crippen LogP contribution in [0, 0.1) is 11.3 Å². The van der Waals surface area contributed by atoms with Crippen LogP contribution in [0.25, 0.3) is 6.08 Å². The first kappa shape index (κ1) is 17.8. The van der Waals surface area contributed by atoms with Crippen molar-refractivity contribution >= 4 is 29.3 Å². The number of carbonyl (C=O) groups is 2.